The van der Waals surface area contributed by atoms with Crippen molar-refractivity contribution in [3.05, 3.63) is 35.9 Å². The van der Waals surface area contributed by atoms with Crippen LogP contribution in [0.5, 0.6) is 0 Å². The van der Waals surface area contributed by atoms with Gasteiger partial charge in [0.1, 0.15) is 4.51 Å². The van der Waals surface area contributed by atoms with Crippen LogP contribution in [0.1, 0.15) is 12.0 Å². The number of rotatable bonds is 2. The number of aliphatic hydroxyl groups is 1. The highest BCUT2D eigenvalue weighted by molar-refractivity contribution is 9.09. The second-order valence-electron chi connectivity index (χ2n) is 3.60. The highest BCUT2D eigenvalue weighted by Crippen LogP contribution is 2.39. The average molecular weight is 257 g/mol. The van der Waals surface area contributed by atoms with Gasteiger partial charge in [0.05, 0.1) is 6.61 Å². The number of alkyl halides is 1. The lowest BCUT2D eigenvalue weighted by Gasteiger charge is -2.27. The molecule has 0 saturated carbocycles. The molecule has 2 atom stereocenters. The first-order chi connectivity index (χ1) is 6.71. The van der Waals surface area contributed by atoms with Crippen molar-refractivity contribution in [2.24, 2.45) is 5.92 Å². The summed E-state index contributed by atoms with van der Waals surface area (Å²) in [6.07, 6.45) is 0.899. The Hall–Kier alpha value is -0.380. The van der Waals surface area contributed by atoms with Crippen LogP contribution in [0.4, 0.5) is 0 Å². The van der Waals surface area contributed by atoms with Gasteiger partial charge in [-0.15, -0.1) is 0 Å². The van der Waals surface area contributed by atoms with Gasteiger partial charge in [-0.3, -0.25) is 0 Å². The summed E-state index contributed by atoms with van der Waals surface area (Å²) in [6.45, 7) is 1.36. The SMILES string of the molecule is OC(Br)(c1ccccc1)C1CCOC1. The number of halogens is 1. The summed E-state index contributed by atoms with van der Waals surface area (Å²) in [5.74, 6) is 0.143. The molecule has 0 spiro atoms. The summed E-state index contributed by atoms with van der Waals surface area (Å²) in [5, 5.41) is 10.3. The van der Waals surface area contributed by atoms with Gasteiger partial charge in [-0.2, -0.15) is 0 Å². The van der Waals surface area contributed by atoms with E-state index in [-0.39, 0.29) is 5.92 Å². The van der Waals surface area contributed by atoms with E-state index in [1.54, 1.807) is 0 Å². The van der Waals surface area contributed by atoms with Crippen LogP contribution in [0.15, 0.2) is 30.3 Å². The first kappa shape index (κ1) is 10.1. The fourth-order valence-corrected chi connectivity index (χ4v) is 2.37. The molecule has 0 aromatic heterocycles. The molecule has 0 radical (unpaired) electrons. The monoisotopic (exact) mass is 256 g/mol. The van der Waals surface area contributed by atoms with Gasteiger partial charge in [0.25, 0.3) is 0 Å². The van der Waals surface area contributed by atoms with Gasteiger partial charge < -0.3 is 9.84 Å². The van der Waals surface area contributed by atoms with Crippen molar-refractivity contribution >= 4 is 15.9 Å². The number of hydrogen-bond acceptors (Lipinski definition) is 2. The van der Waals surface area contributed by atoms with E-state index >= 15 is 0 Å². The fourth-order valence-electron chi connectivity index (χ4n) is 1.74. The Kier molecular flexibility index (Phi) is 2.91. The highest BCUT2D eigenvalue weighted by Gasteiger charge is 2.37. The van der Waals surface area contributed by atoms with Crippen LogP contribution in [-0.4, -0.2) is 18.3 Å². The molecular formula is C11H13BrO2. The standard InChI is InChI=1S/C11H13BrO2/c12-11(13,10-6-7-14-8-10)9-4-2-1-3-5-9/h1-5,10,13H,6-8H2. The van der Waals surface area contributed by atoms with Crippen LogP contribution in [0.2, 0.25) is 0 Å². The first-order valence-corrected chi connectivity index (χ1v) is 5.55. The van der Waals surface area contributed by atoms with E-state index in [1.807, 2.05) is 30.3 Å². The van der Waals surface area contributed by atoms with E-state index in [0.717, 1.165) is 18.6 Å². The molecule has 1 saturated heterocycles. The molecule has 1 aliphatic rings. The molecule has 1 aliphatic heterocycles. The lowest BCUT2D eigenvalue weighted by molar-refractivity contribution is 0.0658. The van der Waals surface area contributed by atoms with E-state index in [9.17, 15) is 5.11 Å². The van der Waals surface area contributed by atoms with Crippen LogP contribution in [0.3, 0.4) is 0 Å². The van der Waals surface area contributed by atoms with Crippen LogP contribution in [-0.2, 0) is 9.25 Å². The minimum atomic E-state index is -0.940. The van der Waals surface area contributed by atoms with Crippen molar-refractivity contribution in [2.45, 2.75) is 10.9 Å². The lowest BCUT2D eigenvalue weighted by Crippen LogP contribution is -2.28. The summed E-state index contributed by atoms with van der Waals surface area (Å²) in [6, 6.07) is 9.65. The number of ether oxygens (including phenoxy) is 1. The van der Waals surface area contributed by atoms with Gasteiger partial charge in [0.15, 0.2) is 0 Å². The molecule has 14 heavy (non-hydrogen) atoms. The van der Waals surface area contributed by atoms with Gasteiger partial charge in [-0.25, -0.2) is 0 Å². The largest absolute Gasteiger partial charge is 0.381 e. The van der Waals surface area contributed by atoms with Crippen molar-refractivity contribution in [2.75, 3.05) is 13.2 Å². The van der Waals surface area contributed by atoms with Crippen LogP contribution >= 0.6 is 15.9 Å². The Balaban J connectivity index is 2.22. The quantitative estimate of drug-likeness (QED) is 0.823. The topological polar surface area (TPSA) is 29.5 Å². The lowest BCUT2D eigenvalue weighted by atomic mass is 9.95. The summed E-state index contributed by atoms with van der Waals surface area (Å²) < 4.78 is 4.34. The van der Waals surface area contributed by atoms with Gasteiger partial charge >= 0.3 is 0 Å². The molecule has 1 heterocycles. The van der Waals surface area contributed by atoms with Crippen molar-refractivity contribution in [3.63, 3.8) is 0 Å². The van der Waals surface area contributed by atoms with Crippen LogP contribution < -0.4 is 0 Å². The minimum Gasteiger partial charge on any atom is -0.381 e. The molecule has 1 aromatic rings. The molecule has 0 aliphatic carbocycles. The Morgan fingerprint density at radius 1 is 1.36 bits per heavy atom. The second-order valence-corrected chi connectivity index (χ2v) is 4.81. The van der Waals surface area contributed by atoms with Gasteiger partial charge in [-0.1, -0.05) is 30.3 Å². The number of benzene rings is 1. The summed E-state index contributed by atoms with van der Waals surface area (Å²) in [4.78, 5) is 0. The van der Waals surface area contributed by atoms with E-state index in [0.29, 0.717) is 6.61 Å². The summed E-state index contributed by atoms with van der Waals surface area (Å²) >= 11 is 3.39. The average Bonchev–Trinajstić information content (AvgIpc) is 2.72. The zero-order chi connectivity index (χ0) is 10.0. The fraction of sp³-hybridized carbons (Fsp3) is 0.455. The Morgan fingerprint density at radius 3 is 2.64 bits per heavy atom. The third-order valence-corrected chi connectivity index (χ3v) is 3.75. The third-order valence-electron chi connectivity index (χ3n) is 2.65. The minimum absolute atomic E-state index is 0.143. The zero-order valence-corrected chi connectivity index (χ0v) is 9.40. The van der Waals surface area contributed by atoms with E-state index in [4.69, 9.17) is 4.74 Å². The third kappa shape index (κ3) is 1.85. The molecule has 1 fully saturated rings. The molecular weight excluding hydrogens is 244 g/mol. The molecule has 76 valence electrons. The smallest absolute Gasteiger partial charge is 0.150 e. The van der Waals surface area contributed by atoms with Crippen molar-refractivity contribution in [3.8, 4) is 0 Å². The summed E-state index contributed by atoms with van der Waals surface area (Å²) in [7, 11) is 0. The van der Waals surface area contributed by atoms with Crippen LogP contribution in [0.25, 0.3) is 0 Å². The molecule has 3 heteroatoms. The van der Waals surface area contributed by atoms with Crippen molar-refractivity contribution in [1.29, 1.82) is 0 Å². The van der Waals surface area contributed by atoms with Crippen molar-refractivity contribution < 1.29 is 9.84 Å². The molecule has 1 N–H and O–H groups in total. The van der Waals surface area contributed by atoms with Gasteiger partial charge in [0, 0.05) is 12.5 Å². The maximum atomic E-state index is 10.3. The van der Waals surface area contributed by atoms with Gasteiger partial charge in [0.2, 0.25) is 0 Å². The maximum absolute atomic E-state index is 10.3. The molecule has 2 unspecified atom stereocenters. The molecule has 1 aromatic carbocycles. The maximum Gasteiger partial charge on any atom is 0.150 e. The molecule has 0 amide bonds. The van der Waals surface area contributed by atoms with Gasteiger partial charge in [-0.05, 0) is 27.9 Å². The van der Waals surface area contributed by atoms with Crippen molar-refractivity contribution in [1.82, 2.24) is 0 Å². The highest BCUT2D eigenvalue weighted by atomic mass is 79.9. The molecule has 2 rings (SSSR count). The Morgan fingerprint density at radius 2 is 2.07 bits per heavy atom. The summed E-state index contributed by atoms with van der Waals surface area (Å²) in [5.41, 5.74) is 0.899. The van der Waals surface area contributed by atoms with E-state index < -0.39 is 4.51 Å². The molecule has 2 nitrogen and oxygen atoms in total. The van der Waals surface area contributed by atoms with E-state index in [2.05, 4.69) is 15.9 Å². The number of hydrogen-bond donors (Lipinski definition) is 1. The molecule has 0 bridgehead atoms. The zero-order valence-electron chi connectivity index (χ0n) is 7.82. The predicted molar refractivity (Wildman–Crippen MR) is 58.2 cm³/mol. The Bertz CT molecular complexity index is 291. The Labute approximate surface area is 92.0 Å². The second kappa shape index (κ2) is 4.01. The predicted octanol–water partition coefficient (Wildman–Crippen LogP) is 2.26. The normalized spacial score (nSPS) is 26.0. The van der Waals surface area contributed by atoms with E-state index in [1.165, 1.54) is 0 Å². The first-order valence-electron chi connectivity index (χ1n) is 4.76. The van der Waals surface area contributed by atoms with Crippen LogP contribution in [0, 0.1) is 5.92 Å².